The van der Waals surface area contributed by atoms with Gasteiger partial charge in [0.05, 0.1) is 0 Å². The average Bonchev–Trinajstić information content (AvgIpc) is 2.89. The molecular formula is C13H19N5. The number of nitrogens with zero attached hydrogens (tertiary/aromatic N) is 3. The molecule has 5 heteroatoms. The molecule has 2 aromatic rings. The number of hydrogen-bond donors (Lipinski definition) is 2. The van der Waals surface area contributed by atoms with Crippen molar-refractivity contribution in [3.05, 3.63) is 35.9 Å². The minimum Gasteiger partial charge on any atom is -0.358 e. The van der Waals surface area contributed by atoms with Crippen LogP contribution < -0.4 is 10.2 Å². The monoisotopic (exact) mass is 245 g/mol. The van der Waals surface area contributed by atoms with Crippen LogP contribution in [-0.2, 0) is 6.42 Å². The minimum absolute atomic E-state index is 0.694. The number of aromatic amines is 1. The van der Waals surface area contributed by atoms with Crippen molar-refractivity contribution in [1.29, 1.82) is 0 Å². The minimum atomic E-state index is 0.694. The zero-order chi connectivity index (χ0) is 12.8. The molecule has 0 aliphatic carbocycles. The zero-order valence-electron chi connectivity index (χ0n) is 10.8. The molecule has 0 amide bonds. The van der Waals surface area contributed by atoms with Crippen LogP contribution in [0.4, 0.5) is 11.9 Å². The Bertz CT molecular complexity index is 465. The number of benzene rings is 1. The van der Waals surface area contributed by atoms with Gasteiger partial charge in [0.1, 0.15) is 0 Å². The lowest BCUT2D eigenvalue weighted by atomic mass is 10.1. The van der Waals surface area contributed by atoms with Gasteiger partial charge in [0, 0.05) is 20.6 Å². The van der Waals surface area contributed by atoms with E-state index in [0.29, 0.717) is 5.95 Å². The topological polar surface area (TPSA) is 56.8 Å². The van der Waals surface area contributed by atoms with Crippen molar-refractivity contribution in [1.82, 2.24) is 15.2 Å². The Balaban J connectivity index is 1.79. The maximum absolute atomic E-state index is 4.30. The van der Waals surface area contributed by atoms with E-state index in [9.17, 15) is 0 Å². The quantitative estimate of drug-likeness (QED) is 0.816. The van der Waals surface area contributed by atoms with Gasteiger partial charge in [-0.2, -0.15) is 4.98 Å². The fourth-order valence-electron chi connectivity index (χ4n) is 1.80. The maximum atomic E-state index is 4.30. The summed E-state index contributed by atoms with van der Waals surface area (Å²) in [6, 6.07) is 10.5. The molecule has 0 fully saturated rings. The van der Waals surface area contributed by atoms with Gasteiger partial charge in [0.15, 0.2) is 0 Å². The van der Waals surface area contributed by atoms with Gasteiger partial charge in [0.25, 0.3) is 0 Å². The largest absolute Gasteiger partial charge is 0.358 e. The summed E-state index contributed by atoms with van der Waals surface area (Å²) < 4.78 is 0. The summed E-state index contributed by atoms with van der Waals surface area (Å²) in [5, 5.41) is 9.90. The number of rotatable bonds is 6. The predicted molar refractivity (Wildman–Crippen MR) is 74.0 cm³/mol. The van der Waals surface area contributed by atoms with Crippen molar-refractivity contribution in [3.63, 3.8) is 0 Å². The van der Waals surface area contributed by atoms with Gasteiger partial charge in [0.2, 0.25) is 11.9 Å². The molecule has 0 saturated carbocycles. The Labute approximate surface area is 107 Å². The molecule has 1 aromatic heterocycles. The lowest BCUT2D eigenvalue weighted by molar-refractivity contribution is 0.768. The van der Waals surface area contributed by atoms with Crippen LogP contribution in [0.25, 0.3) is 0 Å². The molecular weight excluding hydrogens is 226 g/mol. The summed E-state index contributed by atoms with van der Waals surface area (Å²) in [5.74, 6) is 1.42. The second kappa shape index (κ2) is 6.05. The van der Waals surface area contributed by atoms with E-state index >= 15 is 0 Å². The molecule has 0 radical (unpaired) electrons. The van der Waals surface area contributed by atoms with E-state index < -0.39 is 0 Å². The van der Waals surface area contributed by atoms with Gasteiger partial charge in [-0.15, -0.1) is 5.10 Å². The summed E-state index contributed by atoms with van der Waals surface area (Å²) in [6.45, 7) is 0.940. The second-order valence-corrected chi connectivity index (χ2v) is 4.24. The third kappa shape index (κ3) is 3.23. The summed E-state index contributed by atoms with van der Waals surface area (Å²) in [7, 11) is 3.83. The maximum Gasteiger partial charge on any atom is 0.246 e. The highest BCUT2D eigenvalue weighted by Gasteiger charge is 2.06. The highest BCUT2D eigenvalue weighted by Crippen LogP contribution is 2.09. The molecule has 0 aliphatic rings. The van der Waals surface area contributed by atoms with E-state index in [2.05, 4.69) is 49.7 Å². The van der Waals surface area contributed by atoms with E-state index in [1.54, 1.807) is 0 Å². The number of anilines is 2. The van der Waals surface area contributed by atoms with Crippen molar-refractivity contribution in [2.45, 2.75) is 12.8 Å². The Hall–Kier alpha value is -2.04. The molecule has 0 saturated heterocycles. The fraction of sp³-hybridized carbons (Fsp3) is 0.385. The average molecular weight is 245 g/mol. The molecule has 2 rings (SSSR count). The van der Waals surface area contributed by atoms with Crippen LogP contribution in [0.3, 0.4) is 0 Å². The molecule has 0 aliphatic heterocycles. The van der Waals surface area contributed by atoms with E-state index in [1.807, 2.05) is 20.2 Å². The molecule has 2 N–H and O–H groups in total. The lowest BCUT2D eigenvalue weighted by Crippen LogP contribution is -2.20. The summed E-state index contributed by atoms with van der Waals surface area (Å²) in [5.41, 5.74) is 1.37. The Morgan fingerprint density at radius 3 is 2.72 bits per heavy atom. The van der Waals surface area contributed by atoms with Crippen molar-refractivity contribution in [2.75, 3.05) is 30.9 Å². The molecule has 96 valence electrons. The molecule has 18 heavy (non-hydrogen) atoms. The molecule has 5 nitrogen and oxygen atoms in total. The van der Waals surface area contributed by atoms with Gasteiger partial charge >= 0.3 is 0 Å². The smallest absolute Gasteiger partial charge is 0.246 e. The molecule has 0 unspecified atom stereocenters. The third-order valence-electron chi connectivity index (χ3n) is 2.85. The fourth-order valence-corrected chi connectivity index (χ4v) is 1.80. The van der Waals surface area contributed by atoms with Crippen molar-refractivity contribution in [3.8, 4) is 0 Å². The number of aryl methyl sites for hydroxylation is 1. The van der Waals surface area contributed by atoms with Crippen LogP contribution in [0.15, 0.2) is 30.3 Å². The Morgan fingerprint density at radius 1 is 1.28 bits per heavy atom. The predicted octanol–water partition coefficient (Wildman–Crippen LogP) is 1.92. The Morgan fingerprint density at radius 2 is 2.06 bits per heavy atom. The van der Waals surface area contributed by atoms with Crippen LogP contribution in [0.5, 0.6) is 0 Å². The molecule has 0 spiro atoms. The van der Waals surface area contributed by atoms with Crippen LogP contribution in [0, 0.1) is 0 Å². The van der Waals surface area contributed by atoms with Gasteiger partial charge in [-0.3, -0.25) is 0 Å². The number of nitrogens with one attached hydrogen (secondary N) is 2. The highest BCUT2D eigenvalue weighted by molar-refractivity contribution is 5.35. The summed E-state index contributed by atoms with van der Waals surface area (Å²) in [4.78, 5) is 6.36. The lowest BCUT2D eigenvalue weighted by Gasteiger charge is -2.14. The summed E-state index contributed by atoms with van der Waals surface area (Å²) in [6.07, 6.45) is 2.17. The van der Waals surface area contributed by atoms with Gasteiger partial charge < -0.3 is 10.2 Å². The first-order chi connectivity index (χ1) is 8.79. The molecule has 0 bridgehead atoms. The van der Waals surface area contributed by atoms with E-state index in [0.717, 1.165) is 25.3 Å². The second-order valence-electron chi connectivity index (χ2n) is 4.24. The standard InChI is InChI=1S/C13H19N5/c1-14-12-15-13(17-16-12)18(2)10-6-9-11-7-4-3-5-8-11/h3-5,7-8H,6,9-10H2,1-2H3,(H2,14,15,16,17). The van der Waals surface area contributed by atoms with E-state index in [-0.39, 0.29) is 0 Å². The first-order valence-corrected chi connectivity index (χ1v) is 6.15. The molecule has 1 heterocycles. The normalized spacial score (nSPS) is 10.3. The number of H-pyrrole nitrogens is 1. The van der Waals surface area contributed by atoms with Crippen LogP contribution in [0.1, 0.15) is 12.0 Å². The number of aromatic nitrogens is 3. The highest BCUT2D eigenvalue weighted by atomic mass is 15.4. The van der Waals surface area contributed by atoms with Crippen LogP contribution in [-0.4, -0.2) is 35.8 Å². The molecule has 1 aromatic carbocycles. The van der Waals surface area contributed by atoms with Crippen molar-refractivity contribution < 1.29 is 0 Å². The van der Waals surface area contributed by atoms with E-state index in [4.69, 9.17) is 0 Å². The van der Waals surface area contributed by atoms with E-state index in [1.165, 1.54) is 5.56 Å². The number of hydrogen-bond acceptors (Lipinski definition) is 4. The third-order valence-corrected chi connectivity index (χ3v) is 2.85. The Kier molecular flexibility index (Phi) is 4.17. The molecule has 0 atom stereocenters. The summed E-state index contributed by atoms with van der Waals surface area (Å²) >= 11 is 0. The SMILES string of the molecule is CNc1nc(N(C)CCCc2ccccc2)n[nH]1. The van der Waals surface area contributed by atoms with Gasteiger partial charge in [-0.1, -0.05) is 30.3 Å². The van der Waals surface area contributed by atoms with Crippen LogP contribution in [0.2, 0.25) is 0 Å². The zero-order valence-corrected chi connectivity index (χ0v) is 10.8. The first kappa shape index (κ1) is 12.4. The van der Waals surface area contributed by atoms with Crippen molar-refractivity contribution >= 4 is 11.9 Å². The van der Waals surface area contributed by atoms with Crippen LogP contribution >= 0.6 is 0 Å². The van der Waals surface area contributed by atoms with Crippen molar-refractivity contribution in [2.24, 2.45) is 0 Å². The van der Waals surface area contributed by atoms with Gasteiger partial charge in [-0.05, 0) is 18.4 Å². The first-order valence-electron chi connectivity index (χ1n) is 6.15. The van der Waals surface area contributed by atoms with Gasteiger partial charge in [-0.25, -0.2) is 5.10 Å².